The predicted octanol–water partition coefficient (Wildman–Crippen LogP) is 1.84. The normalized spacial score (nSPS) is 11.6. The summed E-state index contributed by atoms with van der Waals surface area (Å²) in [6.07, 6.45) is 1.65. The van der Waals surface area contributed by atoms with Crippen LogP contribution in [0.4, 0.5) is 11.5 Å². The first-order valence-corrected chi connectivity index (χ1v) is 8.57. The lowest BCUT2D eigenvalue weighted by Gasteiger charge is -2.08. The largest absolute Gasteiger partial charge is 0.365 e. The molecule has 11 heteroatoms. The second-order valence-corrected chi connectivity index (χ2v) is 6.47. The van der Waals surface area contributed by atoms with E-state index in [-0.39, 0.29) is 11.0 Å². The zero-order valence-electron chi connectivity index (χ0n) is 12.4. The van der Waals surface area contributed by atoms with Crippen LogP contribution in [0.15, 0.2) is 30.5 Å². The third-order valence-electron chi connectivity index (χ3n) is 3.23. The van der Waals surface area contributed by atoms with Crippen LogP contribution in [0.3, 0.4) is 0 Å². The van der Waals surface area contributed by atoms with Gasteiger partial charge >= 0.3 is 10.3 Å². The molecule has 0 aliphatic heterocycles. The van der Waals surface area contributed by atoms with Crippen LogP contribution in [-0.2, 0) is 23.9 Å². The SMILES string of the molecule is Cn1ncc2c(NCc3ccc(NS(=O)(=O)O)cc3)nc(Cl)nc21. The van der Waals surface area contributed by atoms with Gasteiger partial charge < -0.3 is 5.32 Å². The molecule has 3 N–H and O–H groups in total. The van der Waals surface area contributed by atoms with Crippen LogP contribution in [0.1, 0.15) is 5.56 Å². The Morgan fingerprint density at radius 1 is 1.25 bits per heavy atom. The van der Waals surface area contributed by atoms with Crippen LogP contribution in [0.2, 0.25) is 5.28 Å². The van der Waals surface area contributed by atoms with E-state index in [9.17, 15) is 8.42 Å². The second-order valence-electron chi connectivity index (χ2n) is 4.97. The molecular formula is C13H13ClN6O3S. The summed E-state index contributed by atoms with van der Waals surface area (Å²) in [5.74, 6) is 0.554. The summed E-state index contributed by atoms with van der Waals surface area (Å²) in [6, 6.07) is 6.50. The van der Waals surface area contributed by atoms with E-state index in [1.165, 1.54) is 12.1 Å². The monoisotopic (exact) mass is 368 g/mol. The van der Waals surface area contributed by atoms with Gasteiger partial charge in [-0.2, -0.15) is 23.5 Å². The van der Waals surface area contributed by atoms with E-state index < -0.39 is 10.3 Å². The zero-order chi connectivity index (χ0) is 17.3. The Balaban J connectivity index is 1.76. The van der Waals surface area contributed by atoms with Gasteiger partial charge in [-0.15, -0.1) is 0 Å². The lowest BCUT2D eigenvalue weighted by atomic mass is 10.2. The molecule has 0 aliphatic rings. The van der Waals surface area contributed by atoms with Gasteiger partial charge in [0.25, 0.3) is 0 Å². The van der Waals surface area contributed by atoms with Crippen molar-refractivity contribution in [2.75, 3.05) is 10.0 Å². The number of fused-ring (bicyclic) bond motifs is 1. The first kappa shape index (κ1) is 16.4. The third-order valence-corrected chi connectivity index (χ3v) is 3.89. The van der Waals surface area contributed by atoms with Crippen molar-refractivity contribution in [3.63, 3.8) is 0 Å². The Labute approximate surface area is 142 Å². The number of aryl methyl sites for hydroxylation is 1. The molecule has 0 amide bonds. The van der Waals surface area contributed by atoms with Crippen molar-refractivity contribution in [1.29, 1.82) is 0 Å². The summed E-state index contributed by atoms with van der Waals surface area (Å²) in [5.41, 5.74) is 1.76. The number of nitrogens with one attached hydrogen (secondary N) is 2. The highest BCUT2D eigenvalue weighted by Gasteiger charge is 2.10. The highest BCUT2D eigenvalue weighted by atomic mass is 35.5. The molecular weight excluding hydrogens is 356 g/mol. The van der Waals surface area contributed by atoms with Gasteiger partial charge in [0.05, 0.1) is 17.3 Å². The summed E-state index contributed by atoms with van der Waals surface area (Å²) >= 11 is 5.92. The molecule has 24 heavy (non-hydrogen) atoms. The van der Waals surface area contributed by atoms with Gasteiger partial charge in [0.15, 0.2) is 5.65 Å². The zero-order valence-corrected chi connectivity index (χ0v) is 14.0. The molecule has 9 nitrogen and oxygen atoms in total. The Bertz CT molecular complexity index is 987. The van der Waals surface area contributed by atoms with Gasteiger partial charge in [0.2, 0.25) is 5.28 Å². The summed E-state index contributed by atoms with van der Waals surface area (Å²) in [4.78, 5) is 8.28. The number of benzene rings is 1. The maximum absolute atomic E-state index is 10.8. The van der Waals surface area contributed by atoms with Crippen molar-refractivity contribution in [1.82, 2.24) is 19.7 Å². The van der Waals surface area contributed by atoms with Crippen molar-refractivity contribution in [2.45, 2.75) is 6.54 Å². The van der Waals surface area contributed by atoms with E-state index in [0.717, 1.165) is 10.9 Å². The average molecular weight is 369 g/mol. The Hall–Kier alpha value is -2.43. The molecule has 0 atom stereocenters. The fourth-order valence-electron chi connectivity index (χ4n) is 2.16. The molecule has 0 saturated heterocycles. The van der Waals surface area contributed by atoms with Crippen molar-refractivity contribution < 1.29 is 13.0 Å². The minimum Gasteiger partial charge on any atom is -0.365 e. The molecule has 0 spiro atoms. The van der Waals surface area contributed by atoms with Gasteiger partial charge in [-0.1, -0.05) is 12.1 Å². The maximum Gasteiger partial charge on any atom is 0.357 e. The molecule has 0 unspecified atom stereocenters. The highest BCUT2D eigenvalue weighted by Crippen LogP contribution is 2.22. The van der Waals surface area contributed by atoms with Gasteiger partial charge in [-0.05, 0) is 29.3 Å². The van der Waals surface area contributed by atoms with Gasteiger partial charge in [0.1, 0.15) is 5.82 Å². The fraction of sp³-hybridized carbons (Fsp3) is 0.154. The number of hydrogen-bond acceptors (Lipinski definition) is 6. The number of halogens is 1. The van der Waals surface area contributed by atoms with E-state index in [4.69, 9.17) is 16.2 Å². The summed E-state index contributed by atoms with van der Waals surface area (Å²) in [5, 5.41) is 8.13. The predicted molar refractivity (Wildman–Crippen MR) is 90.3 cm³/mol. The fourth-order valence-corrected chi connectivity index (χ4v) is 2.75. The number of nitrogens with zero attached hydrogens (tertiary/aromatic N) is 4. The number of hydrogen-bond donors (Lipinski definition) is 3. The average Bonchev–Trinajstić information content (AvgIpc) is 2.86. The molecule has 0 bridgehead atoms. The van der Waals surface area contributed by atoms with Crippen LogP contribution in [0.25, 0.3) is 11.0 Å². The molecule has 1 aromatic carbocycles. The topological polar surface area (TPSA) is 122 Å². The lowest BCUT2D eigenvalue weighted by Crippen LogP contribution is -2.10. The minimum atomic E-state index is -4.28. The van der Waals surface area contributed by atoms with E-state index in [2.05, 4.69) is 20.4 Å². The number of rotatable bonds is 5. The number of anilines is 2. The quantitative estimate of drug-likeness (QED) is 0.464. The minimum absolute atomic E-state index is 0.112. The Kier molecular flexibility index (Phi) is 4.26. The molecule has 126 valence electrons. The van der Waals surface area contributed by atoms with Crippen LogP contribution in [-0.4, -0.2) is 32.7 Å². The molecule has 2 aromatic heterocycles. The van der Waals surface area contributed by atoms with Crippen molar-refractivity contribution in [2.24, 2.45) is 7.05 Å². The summed E-state index contributed by atoms with van der Waals surface area (Å²) < 4.78 is 33.8. The van der Waals surface area contributed by atoms with Crippen molar-refractivity contribution in [3.05, 3.63) is 41.3 Å². The molecule has 0 aliphatic carbocycles. The molecule has 2 heterocycles. The van der Waals surface area contributed by atoms with E-state index in [1.807, 2.05) is 4.72 Å². The van der Waals surface area contributed by atoms with Gasteiger partial charge in [0, 0.05) is 13.6 Å². The summed E-state index contributed by atoms with van der Waals surface area (Å²) in [6.45, 7) is 0.434. The first-order chi connectivity index (χ1) is 11.3. The first-order valence-electron chi connectivity index (χ1n) is 6.75. The van der Waals surface area contributed by atoms with Crippen LogP contribution in [0, 0.1) is 0 Å². The van der Waals surface area contributed by atoms with E-state index >= 15 is 0 Å². The maximum atomic E-state index is 10.8. The van der Waals surface area contributed by atoms with E-state index in [0.29, 0.717) is 18.0 Å². The molecule has 3 aromatic rings. The highest BCUT2D eigenvalue weighted by molar-refractivity contribution is 7.87. The summed E-state index contributed by atoms with van der Waals surface area (Å²) in [7, 11) is -2.52. The molecule has 0 radical (unpaired) electrons. The van der Waals surface area contributed by atoms with Crippen LogP contribution in [0.5, 0.6) is 0 Å². The lowest BCUT2D eigenvalue weighted by molar-refractivity contribution is 0.489. The van der Waals surface area contributed by atoms with Gasteiger partial charge in [-0.25, -0.2) is 0 Å². The van der Waals surface area contributed by atoms with Crippen LogP contribution < -0.4 is 10.0 Å². The molecule has 0 saturated carbocycles. The molecule has 0 fully saturated rings. The number of aromatic nitrogens is 4. The second kappa shape index (κ2) is 6.23. The van der Waals surface area contributed by atoms with Crippen LogP contribution >= 0.6 is 11.6 Å². The van der Waals surface area contributed by atoms with E-state index in [1.54, 1.807) is 30.1 Å². The third kappa shape index (κ3) is 3.72. The smallest absolute Gasteiger partial charge is 0.357 e. The molecule has 3 rings (SSSR count). The Morgan fingerprint density at radius 2 is 1.96 bits per heavy atom. The standard InChI is InChI=1S/C13H13ClN6O3S/c1-20-12-10(7-16-20)11(17-13(14)18-12)15-6-8-2-4-9(5-3-8)19-24(21,22)23/h2-5,7,19H,6H2,1H3,(H,15,17,18)(H,21,22,23). The Morgan fingerprint density at radius 3 is 2.62 bits per heavy atom. The van der Waals surface area contributed by atoms with Crippen molar-refractivity contribution >= 4 is 44.4 Å². The van der Waals surface area contributed by atoms with Gasteiger partial charge in [-0.3, -0.25) is 14.0 Å². The van der Waals surface area contributed by atoms with Crippen molar-refractivity contribution in [3.8, 4) is 0 Å².